The SMILES string of the molecule is CC[C@H](C)[C@@H]1Nc2ccc(C(=O)NC[C@@H](C)CN(CC)CC)cc2NC1=O. The molecule has 2 amide bonds. The number of nitrogens with zero attached hydrogens (tertiary/aromatic N) is 1. The van der Waals surface area contributed by atoms with Crippen LogP contribution in [0, 0.1) is 11.8 Å². The second-order valence-electron chi connectivity index (χ2n) is 7.56. The number of fused-ring (bicyclic) bond motifs is 1. The number of carbonyl (C=O) groups excluding carboxylic acids is 2. The molecule has 2 rings (SSSR count). The van der Waals surface area contributed by atoms with Crippen LogP contribution in [-0.2, 0) is 4.79 Å². The second kappa shape index (κ2) is 9.74. The Morgan fingerprint density at radius 3 is 2.52 bits per heavy atom. The minimum Gasteiger partial charge on any atom is -0.372 e. The molecule has 1 aliphatic heterocycles. The van der Waals surface area contributed by atoms with E-state index in [4.69, 9.17) is 0 Å². The topological polar surface area (TPSA) is 73.5 Å². The molecule has 0 spiro atoms. The van der Waals surface area contributed by atoms with Crippen molar-refractivity contribution in [2.45, 2.75) is 47.1 Å². The number of amides is 2. The Hall–Kier alpha value is -2.08. The Balaban J connectivity index is 1.97. The van der Waals surface area contributed by atoms with Crippen molar-refractivity contribution in [1.82, 2.24) is 10.2 Å². The molecule has 0 aromatic heterocycles. The Kier molecular flexibility index (Phi) is 7.66. The molecule has 0 saturated heterocycles. The molecule has 0 aliphatic carbocycles. The minimum atomic E-state index is -0.233. The van der Waals surface area contributed by atoms with Crippen LogP contribution < -0.4 is 16.0 Å². The summed E-state index contributed by atoms with van der Waals surface area (Å²) in [6.07, 6.45) is 0.923. The molecule has 1 heterocycles. The van der Waals surface area contributed by atoms with Gasteiger partial charge in [0.1, 0.15) is 6.04 Å². The third-order valence-corrected chi connectivity index (χ3v) is 5.42. The Labute approximate surface area is 163 Å². The van der Waals surface area contributed by atoms with Gasteiger partial charge in [0.2, 0.25) is 5.91 Å². The summed E-state index contributed by atoms with van der Waals surface area (Å²) in [6.45, 7) is 14.2. The molecule has 0 saturated carbocycles. The summed E-state index contributed by atoms with van der Waals surface area (Å²) in [7, 11) is 0. The van der Waals surface area contributed by atoms with Crippen molar-refractivity contribution in [1.29, 1.82) is 0 Å². The fourth-order valence-corrected chi connectivity index (χ4v) is 3.35. The molecule has 0 fully saturated rings. The highest BCUT2D eigenvalue weighted by atomic mass is 16.2. The maximum atomic E-state index is 12.5. The van der Waals surface area contributed by atoms with E-state index in [1.807, 2.05) is 6.07 Å². The average Bonchev–Trinajstić information content (AvgIpc) is 2.68. The predicted molar refractivity (Wildman–Crippen MR) is 111 cm³/mol. The first-order chi connectivity index (χ1) is 12.9. The molecule has 3 N–H and O–H groups in total. The van der Waals surface area contributed by atoms with Gasteiger partial charge >= 0.3 is 0 Å². The lowest BCUT2D eigenvalue weighted by Crippen LogP contribution is -2.43. The highest BCUT2D eigenvalue weighted by molar-refractivity contribution is 6.05. The number of benzene rings is 1. The molecule has 0 bridgehead atoms. The number of hydrogen-bond acceptors (Lipinski definition) is 4. The van der Waals surface area contributed by atoms with Crippen molar-refractivity contribution >= 4 is 23.2 Å². The van der Waals surface area contributed by atoms with Crippen molar-refractivity contribution < 1.29 is 9.59 Å². The molecular weight excluding hydrogens is 340 g/mol. The molecule has 1 aromatic carbocycles. The van der Waals surface area contributed by atoms with Crippen LogP contribution in [0.3, 0.4) is 0 Å². The zero-order valence-corrected chi connectivity index (χ0v) is 17.3. The van der Waals surface area contributed by atoms with Gasteiger partial charge in [0.15, 0.2) is 0 Å². The van der Waals surface area contributed by atoms with E-state index in [1.54, 1.807) is 12.1 Å². The Morgan fingerprint density at radius 1 is 1.19 bits per heavy atom. The van der Waals surface area contributed by atoms with E-state index in [0.717, 1.165) is 31.7 Å². The molecule has 27 heavy (non-hydrogen) atoms. The van der Waals surface area contributed by atoms with Crippen molar-refractivity contribution in [3.8, 4) is 0 Å². The summed E-state index contributed by atoms with van der Waals surface area (Å²) < 4.78 is 0. The van der Waals surface area contributed by atoms with E-state index in [9.17, 15) is 9.59 Å². The van der Waals surface area contributed by atoms with Crippen molar-refractivity contribution in [2.24, 2.45) is 11.8 Å². The van der Waals surface area contributed by atoms with Crippen LogP contribution in [0.25, 0.3) is 0 Å². The summed E-state index contributed by atoms with van der Waals surface area (Å²) in [5.74, 6) is 0.474. The Bertz CT molecular complexity index is 658. The number of anilines is 2. The van der Waals surface area contributed by atoms with Gasteiger partial charge in [0.05, 0.1) is 11.4 Å². The summed E-state index contributed by atoms with van der Waals surface area (Å²) >= 11 is 0. The number of nitrogens with one attached hydrogen (secondary N) is 3. The lowest BCUT2D eigenvalue weighted by molar-refractivity contribution is -0.118. The number of rotatable bonds is 9. The molecular formula is C21H34N4O2. The first kappa shape index (κ1) is 21.2. The first-order valence-corrected chi connectivity index (χ1v) is 10.1. The molecule has 0 radical (unpaired) electrons. The van der Waals surface area contributed by atoms with Crippen LogP contribution in [0.1, 0.15) is 51.4 Å². The number of hydrogen-bond donors (Lipinski definition) is 3. The van der Waals surface area contributed by atoms with Gasteiger partial charge in [-0.05, 0) is 43.1 Å². The standard InChI is InChI=1S/C21H34N4O2/c1-6-15(5)19-21(27)24-18-11-16(9-10-17(18)23-19)20(26)22-12-14(4)13-25(7-2)8-3/h9-11,14-15,19,23H,6-8,12-13H2,1-5H3,(H,22,26)(H,24,27)/t14-,15+,19+/m1/s1. The fraction of sp³-hybridized carbons (Fsp3) is 0.619. The van der Waals surface area contributed by atoms with Gasteiger partial charge in [-0.1, -0.05) is 41.0 Å². The molecule has 1 aromatic rings. The van der Waals surface area contributed by atoms with E-state index >= 15 is 0 Å². The third kappa shape index (κ3) is 5.45. The smallest absolute Gasteiger partial charge is 0.251 e. The highest BCUT2D eigenvalue weighted by Gasteiger charge is 2.29. The average molecular weight is 375 g/mol. The summed E-state index contributed by atoms with van der Waals surface area (Å²) in [4.78, 5) is 27.2. The highest BCUT2D eigenvalue weighted by Crippen LogP contribution is 2.30. The summed E-state index contributed by atoms with van der Waals surface area (Å²) in [5, 5.41) is 9.25. The second-order valence-corrected chi connectivity index (χ2v) is 7.56. The van der Waals surface area contributed by atoms with Gasteiger partial charge in [0, 0.05) is 18.7 Å². The van der Waals surface area contributed by atoms with Gasteiger partial charge < -0.3 is 20.9 Å². The summed E-state index contributed by atoms with van der Waals surface area (Å²) in [6, 6.07) is 5.19. The lowest BCUT2D eigenvalue weighted by atomic mass is 9.95. The molecule has 150 valence electrons. The van der Waals surface area contributed by atoms with Crippen LogP contribution >= 0.6 is 0 Å². The maximum Gasteiger partial charge on any atom is 0.251 e. The van der Waals surface area contributed by atoms with Crippen LogP contribution in [0.2, 0.25) is 0 Å². The molecule has 6 nitrogen and oxygen atoms in total. The van der Waals surface area contributed by atoms with E-state index in [0.29, 0.717) is 23.7 Å². The number of carbonyl (C=O) groups is 2. The maximum absolute atomic E-state index is 12.5. The zero-order valence-electron chi connectivity index (χ0n) is 17.3. The van der Waals surface area contributed by atoms with Crippen molar-refractivity contribution in [2.75, 3.05) is 36.8 Å². The van der Waals surface area contributed by atoms with Gasteiger partial charge in [-0.3, -0.25) is 9.59 Å². The third-order valence-electron chi connectivity index (χ3n) is 5.42. The van der Waals surface area contributed by atoms with Crippen LogP contribution in [0.4, 0.5) is 11.4 Å². The van der Waals surface area contributed by atoms with Gasteiger partial charge in [0.25, 0.3) is 5.91 Å². The van der Waals surface area contributed by atoms with Gasteiger partial charge in [-0.25, -0.2) is 0 Å². The monoisotopic (exact) mass is 374 g/mol. The van der Waals surface area contributed by atoms with E-state index in [1.165, 1.54) is 0 Å². The summed E-state index contributed by atoms with van der Waals surface area (Å²) in [5.41, 5.74) is 2.10. The molecule has 1 aliphatic rings. The van der Waals surface area contributed by atoms with E-state index < -0.39 is 0 Å². The fourth-order valence-electron chi connectivity index (χ4n) is 3.35. The molecule has 6 heteroatoms. The van der Waals surface area contributed by atoms with Gasteiger partial charge in [-0.15, -0.1) is 0 Å². The minimum absolute atomic E-state index is 0.0396. The van der Waals surface area contributed by atoms with Crippen LogP contribution in [-0.4, -0.2) is 48.9 Å². The normalized spacial score (nSPS) is 18.3. The Morgan fingerprint density at radius 2 is 1.89 bits per heavy atom. The van der Waals surface area contributed by atoms with Crippen LogP contribution in [0.15, 0.2) is 18.2 Å². The van der Waals surface area contributed by atoms with Crippen molar-refractivity contribution in [3.63, 3.8) is 0 Å². The quantitative estimate of drug-likeness (QED) is 0.621. The zero-order chi connectivity index (χ0) is 20.0. The molecule has 3 atom stereocenters. The predicted octanol–water partition coefficient (Wildman–Crippen LogP) is 3.17. The van der Waals surface area contributed by atoms with E-state index in [2.05, 4.69) is 55.5 Å². The van der Waals surface area contributed by atoms with Crippen LogP contribution in [0.5, 0.6) is 0 Å². The van der Waals surface area contributed by atoms with Gasteiger partial charge in [-0.2, -0.15) is 0 Å². The first-order valence-electron chi connectivity index (χ1n) is 10.1. The largest absolute Gasteiger partial charge is 0.372 e. The van der Waals surface area contributed by atoms with Crippen molar-refractivity contribution in [3.05, 3.63) is 23.8 Å². The lowest BCUT2D eigenvalue weighted by Gasteiger charge is -2.30. The van der Waals surface area contributed by atoms with E-state index in [-0.39, 0.29) is 23.8 Å². The molecule has 0 unspecified atom stereocenters.